The van der Waals surface area contributed by atoms with Crippen LogP contribution in [0, 0.1) is 0 Å². The number of benzene rings is 3. The van der Waals surface area contributed by atoms with Crippen molar-refractivity contribution in [3.05, 3.63) is 90.5 Å². The molecule has 132 valence electrons. The minimum atomic E-state index is -0.120. The Morgan fingerprint density at radius 2 is 1.50 bits per heavy atom. The number of thioether (sulfide) groups is 1. The average molecular weight is 380 g/mol. The van der Waals surface area contributed by atoms with Gasteiger partial charge in [-0.2, -0.15) is 0 Å². The van der Waals surface area contributed by atoms with Gasteiger partial charge < -0.3 is 5.32 Å². The summed E-state index contributed by atoms with van der Waals surface area (Å²) in [5, 5.41) is 2.97. The molecule has 0 aliphatic carbocycles. The van der Waals surface area contributed by atoms with Crippen molar-refractivity contribution in [1.29, 1.82) is 0 Å². The lowest BCUT2D eigenvalue weighted by Crippen LogP contribution is -2.22. The van der Waals surface area contributed by atoms with E-state index >= 15 is 0 Å². The summed E-state index contributed by atoms with van der Waals surface area (Å²) in [6, 6.07) is 28.4. The molecule has 0 saturated heterocycles. The summed E-state index contributed by atoms with van der Waals surface area (Å²) in [5.41, 5.74) is 2.09. The molecule has 0 aromatic heterocycles. The Bertz CT molecular complexity index is 837. The maximum absolute atomic E-state index is 12.6. The van der Waals surface area contributed by atoms with E-state index in [0.717, 1.165) is 21.2 Å². The van der Waals surface area contributed by atoms with Crippen LogP contribution in [0.2, 0.25) is 0 Å². The van der Waals surface area contributed by atoms with E-state index in [9.17, 15) is 4.79 Å². The zero-order chi connectivity index (χ0) is 18.2. The normalized spacial score (nSPS) is 11.7. The van der Waals surface area contributed by atoms with Crippen LogP contribution in [0.1, 0.15) is 12.5 Å². The Morgan fingerprint density at radius 3 is 2.23 bits per heavy atom. The Balaban J connectivity index is 1.62. The molecule has 0 bridgehead atoms. The van der Waals surface area contributed by atoms with Crippen LogP contribution in [-0.2, 0) is 10.5 Å². The number of para-hydroxylation sites is 1. The largest absolute Gasteiger partial charge is 0.324 e. The summed E-state index contributed by atoms with van der Waals surface area (Å²) in [5.74, 6) is 0.864. The molecule has 1 atom stereocenters. The molecule has 4 heteroatoms. The summed E-state index contributed by atoms with van der Waals surface area (Å²) >= 11 is 3.30. The smallest absolute Gasteiger partial charge is 0.237 e. The first-order chi connectivity index (χ1) is 12.7. The van der Waals surface area contributed by atoms with E-state index in [1.807, 2.05) is 67.6 Å². The lowest BCUT2D eigenvalue weighted by atomic mass is 10.2. The highest BCUT2D eigenvalue weighted by Gasteiger charge is 2.15. The molecule has 0 spiro atoms. The van der Waals surface area contributed by atoms with Gasteiger partial charge in [0.05, 0.1) is 10.9 Å². The SMILES string of the molecule is C[C@H](SCc1ccccc1)C(=O)Nc1ccccc1Sc1ccccc1. The lowest BCUT2D eigenvalue weighted by Gasteiger charge is -2.14. The molecule has 1 N–H and O–H groups in total. The first-order valence-electron chi connectivity index (χ1n) is 8.51. The number of rotatable bonds is 7. The number of carbonyl (C=O) groups excluding carboxylic acids is 1. The molecule has 1 amide bonds. The molecule has 0 radical (unpaired) electrons. The van der Waals surface area contributed by atoms with Crippen LogP contribution >= 0.6 is 23.5 Å². The van der Waals surface area contributed by atoms with Crippen LogP contribution in [-0.4, -0.2) is 11.2 Å². The number of anilines is 1. The maximum atomic E-state index is 12.6. The van der Waals surface area contributed by atoms with E-state index in [2.05, 4.69) is 29.6 Å². The lowest BCUT2D eigenvalue weighted by molar-refractivity contribution is -0.115. The van der Waals surface area contributed by atoms with E-state index in [4.69, 9.17) is 0 Å². The Hall–Kier alpha value is -2.17. The van der Waals surface area contributed by atoms with Gasteiger partial charge in [-0.1, -0.05) is 72.4 Å². The fourth-order valence-electron chi connectivity index (χ4n) is 2.38. The van der Waals surface area contributed by atoms with Crippen LogP contribution < -0.4 is 5.32 Å². The van der Waals surface area contributed by atoms with Gasteiger partial charge in [0.25, 0.3) is 0 Å². The highest BCUT2D eigenvalue weighted by molar-refractivity contribution is 8.00. The van der Waals surface area contributed by atoms with E-state index in [-0.39, 0.29) is 11.2 Å². The van der Waals surface area contributed by atoms with Crippen molar-refractivity contribution in [2.24, 2.45) is 0 Å². The summed E-state index contributed by atoms with van der Waals surface area (Å²) < 4.78 is 0. The van der Waals surface area contributed by atoms with Crippen molar-refractivity contribution < 1.29 is 4.79 Å². The van der Waals surface area contributed by atoms with Gasteiger partial charge in [0.15, 0.2) is 0 Å². The van der Waals surface area contributed by atoms with Crippen molar-refractivity contribution in [2.75, 3.05) is 5.32 Å². The van der Waals surface area contributed by atoms with E-state index in [1.54, 1.807) is 23.5 Å². The second-order valence-corrected chi connectivity index (χ2v) is 8.28. The van der Waals surface area contributed by atoms with Crippen molar-refractivity contribution in [3.8, 4) is 0 Å². The molecule has 3 rings (SSSR count). The Labute approximate surface area is 163 Å². The van der Waals surface area contributed by atoms with E-state index < -0.39 is 0 Å². The Morgan fingerprint density at radius 1 is 0.885 bits per heavy atom. The average Bonchev–Trinajstić information content (AvgIpc) is 2.69. The quantitative estimate of drug-likeness (QED) is 0.538. The second-order valence-electron chi connectivity index (χ2n) is 5.84. The van der Waals surface area contributed by atoms with Crippen molar-refractivity contribution in [1.82, 2.24) is 0 Å². The maximum Gasteiger partial charge on any atom is 0.237 e. The molecule has 2 nitrogen and oxygen atoms in total. The molecule has 0 saturated carbocycles. The number of carbonyl (C=O) groups is 1. The van der Waals surface area contributed by atoms with Crippen molar-refractivity contribution in [2.45, 2.75) is 27.7 Å². The number of hydrogen-bond acceptors (Lipinski definition) is 3. The van der Waals surface area contributed by atoms with E-state index in [1.165, 1.54) is 5.56 Å². The fraction of sp³-hybridized carbons (Fsp3) is 0.136. The molecule has 0 fully saturated rings. The molecule has 0 heterocycles. The second kappa shape index (κ2) is 9.51. The van der Waals surface area contributed by atoms with Gasteiger partial charge in [0, 0.05) is 15.5 Å². The zero-order valence-electron chi connectivity index (χ0n) is 14.6. The summed E-state index contributed by atoms with van der Waals surface area (Å²) in [4.78, 5) is 14.8. The molecule has 26 heavy (non-hydrogen) atoms. The third kappa shape index (κ3) is 5.41. The molecular formula is C22H21NOS2. The number of amides is 1. The standard InChI is InChI=1S/C22H21NOS2/c1-17(25-16-18-10-4-2-5-11-18)22(24)23-20-14-8-9-15-21(20)26-19-12-6-3-7-13-19/h2-15,17H,16H2,1H3,(H,23,24)/t17-/m0/s1. The van der Waals surface area contributed by atoms with Gasteiger partial charge in [0.2, 0.25) is 5.91 Å². The van der Waals surface area contributed by atoms with Gasteiger partial charge in [0.1, 0.15) is 0 Å². The predicted octanol–water partition coefficient (Wildman–Crippen LogP) is 6.10. The Kier molecular flexibility index (Phi) is 6.81. The van der Waals surface area contributed by atoms with Gasteiger partial charge in [-0.25, -0.2) is 0 Å². The van der Waals surface area contributed by atoms with Gasteiger partial charge in [-0.05, 0) is 36.8 Å². The summed E-state index contributed by atoms with van der Waals surface area (Å²) in [6.07, 6.45) is 0. The third-order valence-electron chi connectivity index (χ3n) is 3.83. The van der Waals surface area contributed by atoms with Crippen molar-refractivity contribution in [3.63, 3.8) is 0 Å². The van der Waals surface area contributed by atoms with Gasteiger partial charge in [-0.3, -0.25) is 4.79 Å². The number of hydrogen-bond donors (Lipinski definition) is 1. The van der Waals surface area contributed by atoms with Gasteiger partial charge >= 0.3 is 0 Å². The highest BCUT2D eigenvalue weighted by Crippen LogP contribution is 2.33. The van der Waals surface area contributed by atoms with Crippen LogP contribution in [0.3, 0.4) is 0 Å². The highest BCUT2D eigenvalue weighted by atomic mass is 32.2. The molecule has 0 unspecified atom stereocenters. The number of nitrogens with one attached hydrogen (secondary N) is 1. The molecule has 3 aromatic carbocycles. The zero-order valence-corrected chi connectivity index (χ0v) is 16.2. The first-order valence-corrected chi connectivity index (χ1v) is 10.4. The predicted molar refractivity (Wildman–Crippen MR) is 113 cm³/mol. The van der Waals surface area contributed by atoms with Gasteiger partial charge in [-0.15, -0.1) is 11.8 Å². The van der Waals surface area contributed by atoms with Crippen LogP contribution in [0.25, 0.3) is 0 Å². The third-order valence-corrected chi connectivity index (χ3v) is 6.13. The molecular weight excluding hydrogens is 358 g/mol. The van der Waals surface area contributed by atoms with Crippen LogP contribution in [0.15, 0.2) is 94.7 Å². The van der Waals surface area contributed by atoms with E-state index in [0.29, 0.717) is 0 Å². The topological polar surface area (TPSA) is 29.1 Å². The van der Waals surface area contributed by atoms with Crippen LogP contribution in [0.5, 0.6) is 0 Å². The monoisotopic (exact) mass is 379 g/mol. The summed E-state index contributed by atoms with van der Waals surface area (Å²) in [7, 11) is 0. The van der Waals surface area contributed by atoms with Crippen molar-refractivity contribution >= 4 is 35.1 Å². The molecule has 0 aliphatic heterocycles. The summed E-state index contributed by atoms with van der Waals surface area (Å²) in [6.45, 7) is 1.95. The molecule has 3 aromatic rings. The fourth-order valence-corrected chi connectivity index (χ4v) is 4.15. The molecule has 0 aliphatic rings. The minimum absolute atomic E-state index is 0.0343. The minimum Gasteiger partial charge on any atom is -0.324 e. The first kappa shape index (κ1) is 18.6. The van der Waals surface area contributed by atoms with Crippen LogP contribution in [0.4, 0.5) is 5.69 Å².